The summed E-state index contributed by atoms with van der Waals surface area (Å²) >= 11 is 4.27. The third kappa shape index (κ3) is 12.3. The van der Waals surface area contributed by atoms with Gasteiger partial charge in [-0.3, -0.25) is 0 Å². The van der Waals surface area contributed by atoms with Gasteiger partial charge in [-0.2, -0.15) is 12.6 Å². The van der Waals surface area contributed by atoms with E-state index in [-0.39, 0.29) is 0 Å². The molecule has 0 aliphatic heterocycles. The molecule has 1 radical (unpaired) electrons. The number of rotatable bonds is 10. The molecule has 0 rings (SSSR count). The van der Waals surface area contributed by atoms with E-state index < -0.39 is 0 Å². The van der Waals surface area contributed by atoms with Crippen LogP contribution in [0, 0.1) is 6.92 Å². The van der Waals surface area contributed by atoms with Gasteiger partial charge in [0.25, 0.3) is 0 Å². The summed E-state index contributed by atoms with van der Waals surface area (Å²) in [7, 11) is 0. The summed E-state index contributed by atoms with van der Waals surface area (Å²) in [4.78, 5) is 0. The van der Waals surface area contributed by atoms with Crippen molar-refractivity contribution in [2.45, 2.75) is 76.4 Å². The van der Waals surface area contributed by atoms with Gasteiger partial charge < -0.3 is 0 Å². The predicted octanol–water partition coefficient (Wildman–Crippen LogP) is 5.04. The number of hydrogen-bond acceptors (Lipinski definition) is 1. The molecule has 0 heterocycles. The van der Waals surface area contributed by atoms with Crippen LogP contribution >= 0.6 is 12.6 Å². The van der Waals surface area contributed by atoms with Gasteiger partial charge in [0.05, 0.1) is 0 Å². The van der Waals surface area contributed by atoms with E-state index in [4.69, 9.17) is 0 Å². The third-order valence-corrected chi connectivity index (χ3v) is 2.90. The van der Waals surface area contributed by atoms with Crippen LogP contribution in [0.1, 0.15) is 71.1 Å². The fraction of sp³-hybridized carbons (Fsp3) is 0.923. The van der Waals surface area contributed by atoms with E-state index in [2.05, 4.69) is 26.5 Å². The first kappa shape index (κ1) is 14.3. The second-order valence-electron chi connectivity index (χ2n) is 4.27. The molecule has 0 saturated carbocycles. The van der Waals surface area contributed by atoms with Gasteiger partial charge in [-0.25, -0.2) is 0 Å². The van der Waals surface area contributed by atoms with E-state index in [1.807, 2.05) is 0 Å². The fourth-order valence-corrected chi connectivity index (χ4v) is 1.87. The highest BCUT2D eigenvalue weighted by atomic mass is 32.1. The molecular weight excluding hydrogens is 188 g/mol. The molecule has 0 aromatic heterocycles. The Bertz CT molecular complexity index is 99.4. The summed E-state index contributed by atoms with van der Waals surface area (Å²) in [6, 6.07) is 0. The van der Waals surface area contributed by atoms with Crippen LogP contribution in [-0.2, 0) is 0 Å². The maximum atomic E-state index is 4.27. The molecule has 0 N–H and O–H groups in total. The van der Waals surface area contributed by atoms with Crippen molar-refractivity contribution >= 4 is 12.6 Å². The summed E-state index contributed by atoms with van der Waals surface area (Å²) in [5.41, 5.74) is 0. The fourth-order valence-electron chi connectivity index (χ4n) is 1.69. The Morgan fingerprint density at radius 3 is 1.71 bits per heavy atom. The standard InChI is InChI=1S/C13H27S/c1-3-4-5-6-7-8-9-10-11-12-13(2)14/h13-14H,2-12H2,1H3. The zero-order valence-electron chi connectivity index (χ0n) is 9.80. The largest absolute Gasteiger partial charge is 0.176 e. The summed E-state index contributed by atoms with van der Waals surface area (Å²) < 4.78 is 0. The zero-order chi connectivity index (χ0) is 10.6. The maximum absolute atomic E-state index is 4.27. The highest BCUT2D eigenvalue weighted by Gasteiger charge is 1.95. The lowest BCUT2D eigenvalue weighted by molar-refractivity contribution is 0.559. The molecular formula is C13H27S. The molecule has 0 aliphatic rings. The minimum atomic E-state index is 0.347. The summed E-state index contributed by atoms with van der Waals surface area (Å²) in [6.45, 7) is 6.14. The second kappa shape index (κ2) is 11.4. The van der Waals surface area contributed by atoms with Crippen molar-refractivity contribution < 1.29 is 0 Å². The van der Waals surface area contributed by atoms with Crippen LogP contribution in [0.5, 0.6) is 0 Å². The molecule has 1 heteroatoms. The molecule has 1 atom stereocenters. The molecule has 0 saturated heterocycles. The van der Waals surface area contributed by atoms with E-state index in [9.17, 15) is 0 Å². The van der Waals surface area contributed by atoms with Gasteiger partial charge in [0.1, 0.15) is 0 Å². The van der Waals surface area contributed by atoms with Gasteiger partial charge in [-0.05, 0) is 13.3 Å². The summed E-state index contributed by atoms with van der Waals surface area (Å²) in [5.74, 6) is 0. The molecule has 0 aromatic rings. The smallest absolute Gasteiger partial charge is 0.00172 e. The maximum Gasteiger partial charge on any atom is 0.00172 e. The number of thiol groups is 1. The van der Waals surface area contributed by atoms with Crippen LogP contribution in [0.3, 0.4) is 0 Å². The van der Waals surface area contributed by atoms with Gasteiger partial charge in [0.15, 0.2) is 0 Å². The first-order valence-electron chi connectivity index (χ1n) is 6.28. The Hall–Kier alpha value is 0.350. The molecule has 14 heavy (non-hydrogen) atoms. The minimum Gasteiger partial charge on any atom is -0.176 e. The molecule has 0 aromatic carbocycles. The van der Waals surface area contributed by atoms with Gasteiger partial charge in [0, 0.05) is 5.25 Å². The Kier molecular flexibility index (Phi) is 11.7. The van der Waals surface area contributed by atoms with Crippen LogP contribution in [0.25, 0.3) is 0 Å². The number of hydrogen-bond donors (Lipinski definition) is 1. The van der Waals surface area contributed by atoms with Crippen LogP contribution < -0.4 is 0 Å². The summed E-state index contributed by atoms with van der Waals surface area (Å²) in [5, 5.41) is 0.347. The quantitative estimate of drug-likeness (QED) is 0.383. The molecule has 0 spiro atoms. The molecule has 0 amide bonds. The predicted molar refractivity (Wildman–Crippen MR) is 70.0 cm³/mol. The average Bonchev–Trinajstić information content (AvgIpc) is 2.15. The van der Waals surface area contributed by atoms with E-state index >= 15 is 0 Å². The van der Waals surface area contributed by atoms with E-state index in [0.29, 0.717) is 5.25 Å². The molecule has 0 bridgehead atoms. The highest BCUT2D eigenvalue weighted by molar-refractivity contribution is 7.81. The van der Waals surface area contributed by atoms with Crippen LogP contribution in [0.4, 0.5) is 0 Å². The van der Waals surface area contributed by atoms with Crippen LogP contribution in [0.2, 0.25) is 0 Å². The lowest BCUT2D eigenvalue weighted by Gasteiger charge is -2.03. The third-order valence-electron chi connectivity index (χ3n) is 2.64. The highest BCUT2D eigenvalue weighted by Crippen LogP contribution is 2.12. The van der Waals surface area contributed by atoms with Gasteiger partial charge in [-0.1, -0.05) is 64.7 Å². The van der Waals surface area contributed by atoms with Crippen molar-refractivity contribution in [3.05, 3.63) is 6.92 Å². The van der Waals surface area contributed by atoms with E-state index in [1.165, 1.54) is 64.2 Å². The van der Waals surface area contributed by atoms with Crippen LogP contribution in [0.15, 0.2) is 0 Å². The first-order valence-corrected chi connectivity index (χ1v) is 6.80. The molecule has 85 valence electrons. The van der Waals surface area contributed by atoms with Gasteiger partial charge in [-0.15, -0.1) is 0 Å². The summed E-state index contributed by atoms with van der Waals surface area (Å²) in [6.07, 6.45) is 13.8. The first-order chi connectivity index (χ1) is 6.77. The molecule has 1 unspecified atom stereocenters. The van der Waals surface area contributed by atoms with Crippen molar-refractivity contribution in [1.82, 2.24) is 0 Å². The minimum absolute atomic E-state index is 0.347. The lowest BCUT2D eigenvalue weighted by Crippen LogP contribution is -1.90. The molecule has 0 nitrogen and oxygen atoms in total. The monoisotopic (exact) mass is 215 g/mol. The van der Waals surface area contributed by atoms with Crippen molar-refractivity contribution in [1.29, 1.82) is 0 Å². The van der Waals surface area contributed by atoms with Gasteiger partial charge >= 0.3 is 0 Å². The van der Waals surface area contributed by atoms with Crippen molar-refractivity contribution in [3.63, 3.8) is 0 Å². The van der Waals surface area contributed by atoms with Crippen molar-refractivity contribution in [3.8, 4) is 0 Å². The van der Waals surface area contributed by atoms with Crippen molar-refractivity contribution in [2.24, 2.45) is 0 Å². The van der Waals surface area contributed by atoms with E-state index in [1.54, 1.807) is 0 Å². The average molecular weight is 215 g/mol. The van der Waals surface area contributed by atoms with Gasteiger partial charge in [0.2, 0.25) is 0 Å². The number of unbranched alkanes of at least 4 members (excludes halogenated alkanes) is 8. The normalized spacial score (nSPS) is 13.1. The Labute approximate surface area is 96.3 Å². The molecule has 0 fully saturated rings. The lowest BCUT2D eigenvalue weighted by atomic mass is 10.1. The van der Waals surface area contributed by atoms with E-state index in [0.717, 1.165) is 0 Å². The Morgan fingerprint density at radius 1 is 0.857 bits per heavy atom. The second-order valence-corrected chi connectivity index (χ2v) is 5.00. The Morgan fingerprint density at radius 2 is 1.29 bits per heavy atom. The SMILES string of the molecule is [CH2]C(S)CCCCCCCCCCC. The van der Waals surface area contributed by atoms with Crippen molar-refractivity contribution in [2.75, 3.05) is 0 Å². The molecule has 0 aliphatic carbocycles. The Balaban J connectivity index is 2.85. The van der Waals surface area contributed by atoms with Crippen LogP contribution in [-0.4, -0.2) is 5.25 Å². The zero-order valence-corrected chi connectivity index (χ0v) is 10.7. The topological polar surface area (TPSA) is 0 Å².